The van der Waals surface area contributed by atoms with Crippen molar-refractivity contribution < 1.29 is 0 Å². The Hall–Kier alpha value is -1.61. The smallest absolute Gasteiger partial charge is 0.120 e. The van der Waals surface area contributed by atoms with E-state index in [0.29, 0.717) is 6.54 Å². The van der Waals surface area contributed by atoms with Gasteiger partial charge < -0.3 is 10.7 Å². The van der Waals surface area contributed by atoms with Crippen LogP contribution in [-0.4, -0.2) is 9.97 Å². The van der Waals surface area contributed by atoms with Gasteiger partial charge in [-0.1, -0.05) is 45.0 Å². The van der Waals surface area contributed by atoms with Gasteiger partial charge in [-0.15, -0.1) is 0 Å². The quantitative estimate of drug-likeness (QED) is 0.832. The first-order valence-electron chi connectivity index (χ1n) is 5.85. The lowest BCUT2D eigenvalue weighted by molar-refractivity contribution is 0.590. The third kappa shape index (κ3) is 2.56. The van der Waals surface area contributed by atoms with E-state index in [1.165, 1.54) is 5.56 Å². The molecular formula is C14H19N3. The molecule has 0 saturated heterocycles. The summed E-state index contributed by atoms with van der Waals surface area (Å²) < 4.78 is 0. The minimum Gasteiger partial charge on any atom is -0.341 e. The van der Waals surface area contributed by atoms with Gasteiger partial charge in [0.15, 0.2) is 0 Å². The third-order valence-electron chi connectivity index (χ3n) is 2.88. The molecule has 0 spiro atoms. The number of benzene rings is 1. The zero-order valence-corrected chi connectivity index (χ0v) is 10.6. The fourth-order valence-corrected chi connectivity index (χ4v) is 1.76. The van der Waals surface area contributed by atoms with Gasteiger partial charge in [0.25, 0.3) is 0 Å². The summed E-state index contributed by atoms with van der Waals surface area (Å²) in [7, 11) is 0. The van der Waals surface area contributed by atoms with E-state index in [0.717, 1.165) is 17.1 Å². The molecule has 0 saturated carbocycles. The Kier molecular flexibility index (Phi) is 3.03. The Morgan fingerprint density at radius 1 is 1.18 bits per heavy atom. The van der Waals surface area contributed by atoms with Crippen molar-refractivity contribution in [3.05, 3.63) is 41.9 Å². The lowest BCUT2D eigenvalue weighted by Crippen LogP contribution is -2.10. The van der Waals surface area contributed by atoms with Crippen LogP contribution in [0.3, 0.4) is 0 Å². The van der Waals surface area contributed by atoms with Crippen LogP contribution in [-0.2, 0) is 12.0 Å². The normalized spacial score (nSPS) is 11.8. The molecule has 0 unspecified atom stereocenters. The van der Waals surface area contributed by atoms with Gasteiger partial charge in [-0.25, -0.2) is 4.98 Å². The van der Waals surface area contributed by atoms with Gasteiger partial charge in [-0.05, 0) is 16.5 Å². The summed E-state index contributed by atoms with van der Waals surface area (Å²) in [6.07, 6.45) is 1.83. The average molecular weight is 229 g/mol. The van der Waals surface area contributed by atoms with E-state index in [9.17, 15) is 0 Å². The highest BCUT2D eigenvalue weighted by molar-refractivity contribution is 5.59. The first-order chi connectivity index (χ1) is 8.00. The second-order valence-corrected chi connectivity index (χ2v) is 5.28. The fraction of sp³-hybridized carbons (Fsp3) is 0.357. The Morgan fingerprint density at radius 2 is 1.82 bits per heavy atom. The van der Waals surface area contributed by atoms with Crippen molar-refractivity contribution in [2.75, 3.05) is 0 Å². The molecule has 0 fully saturated rings. The largest absolute Gasteiger partial charge is 0.341 e. The Morgan fingerprint density at radius 3 is 2.29 bits per heavy atom. The van der Waals surface area contributed by atoms with Crippen LogP contribution in [0.15, 0.2) is 30.5 Å². The minimum atomic E-state index is 0.189. The monoisotopic (exact) mass is 229 g/mol. The van der Waals surface area contributed by atoms with E-state index in [1.54, 1.807) is 0 Å². The summed E-state index contributed by atoms with van der Waals surface area (Å²) in [6.45, 7) is 7.08. The maximum atomic E-state index is 5.53. The Bertz CT molecular complexity index is 489. The van der Waals surface area contributed by atoms with Crippen molar-refractivity contribution >= 4 is 0 Å². The molecule has 2 rings (SSSR count). The van der Waals surface area contributed by atoms with Crippen LogP contribution in [0.4, 0.5) is 0 Å². The molecule has 2 aromatic rings. The maximum absolute atomic E-state index is 5.53. The topological polar surface area (TPSA) is 54.7 Å². The van der Waals surface area contributed by atoms with Crippen LogP contribution >= 0.6 is 0 Å². The highest BCUT2D eigenvalue weighted by Crippen LogP contribution is 2.25. The number of imidazole rings is 1. The van der Waals surface area contributed by atoms with Gasteiger partial charge in [-0.3, -0.25) is 0 Å². The predicted octanol–water partition coefficient (Wildman–Crippen LogP) is 2.83. The molecule has 0 atom stereocenters. The highest BCUT2D eigenvalue weighted by Gasteiger charge is 2.13. The standard InChI is InChI=1S/C14H19N3/c1-14(2,3)11-6-4-10(5-7-11)12-9-16-13(8-15)17-12/h4-7,9H,8,15H2,1-3H3,(H,16,17). The Balaban J connectivity index is 2.29. The molecule has 0 radical (unpaired) electrons. The van der Waals surface area contributed by atoms with E-state index >= 15 is 0 Å². The van der Waals surface area contributed by atoms with Gasteiger partial charge in [-0.2, -0.15) is 0 Å². The molecule has 1 aromatic carbocycles. The second kappa shape index (κ2) is 4.34. The minimum absolute atomic E-state index is 0.189. The molecule has 17 heavy (non-hydrogen) atoms. The number of hydrogen-bond acceptors (Lipinski definition) is 2. The molecule has 0 aliphatic heterocycles. The van der Waals surface area contributed by atoms with E-state index in [2.05, 4.69) is 55.0 Å². The van der Waals surface area contributed by atoms with Crippen LogP contribution in [0.25, 0.3) is 11.3 Å². The summed E-state index contributed by atoms with van der Waals surface area (Å²) in [4.78, 5) is 7.40. The molecule has 90 valence electrons. The zero-order chi connectivity index (χ0) is 12.5. The van der Waals surface area contributed by atoms with E-state index in [4.69, 9.17) is 5.73 Å². The molecule has 3 heteroatoms. The third-order valence-corrected chi connectivity index (χ3v) is 2.88. The van der Waals surface area contributed by atoms with Crippen LogP contribution in [0.2, 0.25) is 0 Å². The zero-order valence-electron chi connectivity index (χ0n) is 10.6. The van der Waals surface area contributed by atoms with Crippen LogP contribution in [0, 0.1) is 0 Å². The van der Waals surface area contributed by atoms with Crippen molar-refractivity contribution in [1.29, 1.82) is 0 Å². The van der Waals surface area contributed by atoms with Crippen molar-refractivity contribution in [2.24, 2.45) is 5.73 Å². The van der Waals surface area contributed by atoms with Gasteiger partial charge >= 0.3 is 0 Å². The number of H-pyrrole nitrogens is 1. The number of aromatic amines is 1. The first-order valence-corrected chi connectivity index (χ1v) is 5.85. The van der Waals surface area contributed by atoms with Gasteiger partial charge in [0.05, 0.1) is 18.4 Å². The van der Waals surface area contributed by atoms with Gasteiger partial charge in [0.2, 0.25) is 0 Å². The fourth-order valence-electron chi connectivity index (χ4n) is 1.76. The molecule has 1 heterocycles. The number of aromatic nitrogens is 2. The van der Waals surface area contributed by atoms with E-state index < -0.39 is 0 Å². The van der Waals surface area contributed by atoms with Crippen molar-refractivity contribution in [1.82, 2.24) is 9.97 Å². The maximum Gasteiger partial charge on any atom is 0.120 e. The van der Waals surface area contributed by atoms with Crippen molar-refractivity contribution in [2.45, 2.75) is 32.7 Å². The van der Waals surface area contributed by atoms with Crippen LogP contribution in [0.1, 0.15) is 32.2 Å². The van der Waals surface area contributed by atoms with Gasteiger partial charge in [0.1, 0.15) is 5.82 Å². The Labute approximate surface area is 102 Å². The van der Waals surface area contributed by atoms with Crippen LogP contribution in [0.5, 0.6) is 0 Å². The predicted molar refractivity (Wildman–Crippen MR) is 70.6 cm³/mol. The summed E-state index contributed by atoms with van der Waals surface area (Å²) in [5.41, 5.74) is 9.21. The SMILES string of the molecule is CC(C)(C)c1ccc(-c2cnc(CN)[nH]2)cc1. The number of nitrogens with two attached hydrogens (primary N) is 1. The summed E-state index contributed by atoms with van der Waals surface area (Å²) in [5.74, 6) is 0.819. The van der Waals surface area contributed by atoms with E-state index in [-0.39, 0.29) is 5.41 Å². The molecule has 3 N–H and O–H groups in total. The van der Waals surface area contributed by atoms with Crippen LogP contribution < -0.4 is 5.73 Å². The number of nitrogens with zero attached hydrogens (tertiary/aromatic N) is 1. The lowest BCUT2D eigenvalue weighted by atomic mass is 9.86. The summed E-state index contributed by atoms with van der Waals surface area (Å²) in [5, 5.41) is 0. The number of rotatable bonds is 2. The molecule has 0 aliphatic rings. The first kappa shape index (κ1) is 11.9. The summed E-state index contributed by atoms with van der Waals surface area (Å²) >= 11 is 0. The van der Waals surface area contributed by atoms with Crippen molar-refractivity contribution in [3.8, 4) is 11.3 Å². The lowest BCUT2D eigenvalue weighted by Gasteiger charge is -2.18. The van der Waals surface area contributed by atoms with E-state index in [1.807, 2.05) is 6.20 Å². The molecule has 0 amide bonds. The molecule has 0 aliphatic carbocycles. The molecular weight excluding hydrogens is 210 g/mol. The number of hydrogen-bond donors (Lipinski definition) is 2. The van der Waals surface area contributed by atoms with Crippen molar-refractivity contribution in [3.63, 3.8) is 0 Å². The summed E-state index contributed by atoms with van der Waals surface area (Å²) in [6, 6.07) is 8.57. The second-order valence-electron chi connectivity index (χ2n) is 5.28. The average Bonchev–Trinajstić information content (AvgIpc) is 2.76. The highest BCUT2D eigenvalue weighted by atomic mass is 14.9. The molecule has 1 aromatic heterocycles. The molecule has 3 nitrogen and oxygen atoms in total. The molecule has 0 bridgehead atoms. The van der Waals surface area contributed by atoms with Gasteiger partial charge in [0, 0.05) is 0 Å². The number of nitrogens with one attached hydrogen (secondary N) is 1.